The van der Waals surface area contributed by atoms with E-state index in [-0.39, 0.29) is 0 Å². The summed E-state index contributed by atoms with van der Waals surface area (Å²) in [6, 6.07) is 5.58. The minimum Gasteiger partial charge on any atom is -0.481 e. The van der Waals surface area contributed by atoms with Gasteiger partial charge in [0.05, 0.1) is 34.9 Å². The van der Waals surface area contributed by atoms with Crippen LogP contribution in [0.3, 0.4) is 0 Å². The quantitative estimate of drug-likeness (QED) is 0.484. The number of thiazole rings is 1. The predicted octanol–water partition coefficient (Wildman–Crippen LogP) is 6.17. The van der Waals surface area contributed by atoms with Gasteiger partial charge in [0.25, 0.3) is 0 Å². The first-order chi connectivity index (χ1) is 15.1. The summed E-state index contributed by atoms with van der Waals surface area (Å²) in [5.41, 5.74) is 7.97. The smallest absolute Gasteiger partial charge is 0.213 e. The first-order valence-corrected chi connectivity index (χ1v) is 11.0. The largest absolute Gasteiger partial charge is 0.481 e. The third-order valence-corrected chi connectivity index (χ3v) is 5.24. The molecule has 162 valence electrons. The minimum atomic E-state index is 0.351. The Morgan fingerprint density at radius 2 is 2.03 bits per heavy atom. The molecule has 0 saturated heterocycles. The van der Waals surface area contributed by atoms with Crippen LogP contribution in [0.25, 0.3) is 10.3 Å². The number of allylic oxidation sites excluding steroid dienone is 4. The van der Waals surface area contributed by atoms with E-state index in [0.717, 1.165) is 17.1 Å². The van der Waals surface area contributed by atoms with Gasteiger partial charge in [0, 0.05) is 17.3 Å². The molecule has 0 amide bonds. The third kappa shape index (κ3) is 6.95. The standard InChI is InChI=1S/C13H10N6OS.C7H9Cl.C2H6/c1-20-9-3-2-8(6-16-9)18-13-19-12-11(21-13)10(15)7(4-14)5-17-12;8-7-5-3-1-2-4-6-7;1-2/h2-3,5-6H,1H3,(H3,15,17,18,19);3,5-6H,1-2,4H2;1-2H3. The maximum absolute atomic E-state index is 8.95. The Balaban J connectivity index is 0.000000286. The maximum atomic E-state index is 8.95. The fourth-order valence-corrected chi connectivity index (χ4v) is 3.58. The highest BCUT2D eigenvalue weighted by molar-refractivity contribution is 7.22. The number of nitriles is 1. The second-order valence-electron chi connectivity index (χ2n) is 6.01. The molecule has 1 aliphatic rings. The Kier molecular flexibility index (Phi) is 9.75. The highest BCUT2D eigenvalue weighted by Gasteiger charge is 2.11. The lowest BCUT2D eigenvalue weighted by Gasteiger charge is -2.02. The van der Waals surface area contributed by atoms with Crippen molar-refractivity contribution in [2.45, 2.75) is 33.1 Å². The number of aromatic nitrogens is 3. The zero-order valence-electron chi connectivity index (χ0n) is 17.7. The van der Waals surface area contributed by atoms with Crippen LogP contribution in [-0.2, 0) is 0 Å². The number of rotatable bonds is 3. The molecule has 1 aliphatic carbocycles. The van der Waals surface area contributed by atoms with Crippen molar-refractivity contribution in [3.8, 4) is 11.9 Å². The Bertz CT molecular complexity index is 1090. The van der Waals surface area contributed by atoms with Crippen LogP contribution < -0.4 is 15.8 Å². The first kappa shape index (κ1) is 24.1. The third-order valence-electron chi connectivity index (χ3n) is 3.97. The van der Waals surface area contributed by atoms with E-state index < -0.39 is 0 Å². The molecule has 0 saturated carbocycles. The van der Waals surface area contributed by atoms with Gasteiger partial charge in [-0.15, -0.1) is 0 Å². The number of nitrogen functional groups attached to an aromatic ring is 1. The Morgan fingerprint density at radius 3 is 2.71 bits per heavy atom. The minimum absolute atomic E-state index is 0.351. The number of anilines is 3. The number of halogens is 1. The summed E-state index contributed by atoms with van der Waals surface area (Å²) < 4.78 is 5.69. The first-order valence-electron chi connectivity index (χ1n) is 9.85. The van der Waals surface area contributed by atoms with E-state index in [1.807, 2.05) is 32.1 Å². The van der Waals surface area contributed by atoms with E-state index in [9.17, 15) is 0 Å². The molecule has 31 heavy (non-hydrogen) atoms. The zero-order chi connectivity index (χ0) is 22.6. The van der Waals surface area contributed by atoms with E-state index >= 15 is 0 Å². The van der Waals surface area contributed by atoms with Crippen molar-refractivity contribution < 1.29 is 4.74 Å². The van der Waals surface area contributed by atoms with Gasteiger partial charge in [0.1, 0.15) is 6.07 Å². The van der Waals surface area contributed by atoms with Crippen molar-refractivity contribution in [1.29, 1.82) is 5.26 Å². The van der Waals surface area contributed by atoms with E-state index in [4.69, 9.17) is 27.3 Å². The molecule has 3 heterocycles. The van der Waals surface area contributed by atoms with Crippen LogP contribution in [-0.4, -0.2) is 22.1 Å². The Morgan fingerprint density at radius 1 is 1.23 bits per heavy atom. The second kappa shape index (κ2) is 12.5. The number of methoxy groups -OCH3 is 1. The summed E-state index contributed by atoms with van der Waals surface area (Å²) in [6.45, 7) is 4.00. The normalized spacial score (nSPS) is 12.3. The van der Waals surface area contributed by atoms with E-state index in [1.54, 1.807) is 19.4 Å². The lowest BCUT2D eigenvalue weighted by Crippen LogP contribution is -1.92. The summed E-state index contributed by atoms with van der Waals surface area (Å²) in [7, 11) is 1.56. The second-order valence-corrected chi connectivity index (χ2v) is 7.44. The number of nitrogens with zero attached hydrogens (tertiary/aromatic N) is 4. The molecule has 0 radical (unpaired) electrons. The van der Waals surface area contributed by atoms with Gasteiger partial charge in [0.2, 0.25) is 5.88 Å². The van der Waals surface area contributed by atoms with Gasteiger partial charge in [0.15, 0.2) is 10.8 Å². The fraction of sp³-hybridized carbons (Fsp3) is 0.273. The van der Waals surface area contributed by atoms with Crippen molar-refractivity contribution >= 4 is 49.8 Å². The van der Waals surface area contributed by atoms with Crippen molar-refractivity contribution in [2.24, 2.45) is 0 Å². The Hall–Kier alpha value is -3.15. The molecule has 9 heteroatoms. The average Bonchev–Trinajstić information content (AvgIpc) is 3.07. The molecule has 7 nitrogen and oxygen atoms in total. The molecule has 3 N–H and O–H groups in total. The van der Waals surface area contributed by atoms with Gasteiger partial charge in [-0.25, -0.2) is 9.97 Å². The van der Waals surface area contributed by atoms with Crippen LogP contribution in [0.4, 0.5) is 16.5 Å². The van der Waals surface area contributed by atoms with Gasteiger partial charge < -0.3 is 15.8 Å². The van der Waals surface area contributed by atoms with Gasteiger partial charge >= 0.3 is 0 Å². The van der Waals surface area contributed by atoms with Crippen molar-refractivity contribution in [2.75, 3.05) is 18.2 Å². The lowest BCUT2D eigenvalue weighted by molar-refractivity contribution is 0.398. The molecule has 0 aromatic carbocycles. The molecule has 3 aromatic rings. The van der Waals surface area contributed by atoms with Crippen molar-refractivity contribution in [1.82, 2.24) is 15.0 Å². The van der Waals surface area contributed by atoms with Crippen LogP contribution in [0, 0.1) is 11.3 Å². The summed E-state index contributed by atoms with van der Waals surface area (Å²) in [5, 5.41) is 13.6. The number of nitrogens with one attached hydrogen (secondary N) is 1. The summed E-state index contributed by atoms with van der Waals surface area (Å²) >= 11 is 7.03. The van der Waals surface area contributed by atoms with Crippen LogP contribution >= 0.6 is 22.9 Å². The zero-order valence-corrected chi connectivity index (χ0v) is 19.3. The monoisotopic (exact) mass is 456 g/mol. The molecule has 4 rings (SSSR count). The fourth-order valence-electron chi connectivity index (χ4n) is 2.47. The Labute approximate surface area is 191 Å². The predicted molar refractivity (Wildman–Crippen MR) is 129 cm³/mol. The van der Waals surface area contributed by atoms with Crippen molar-refractivity contribution in [3.05, 3.63) is 53.4 Å². The molecule has 0 unspecified atom stereocenters. The van der Waals surface area contributed by atoms with Crippen LogP contribution in [0.2, 0.25) is 0 Å². The molecular weight excluding hydrogens is 432 g/mol. The summed E-state index contributed by atoms with van der Waals surface area (Å²) in [6.07, 6.45) is 12.8. The van der Waals surface area contributed by atoms with Crippen LogP contribution in [0.5, 0.6) is 5.88 Å². The number of fused-ring (bicyclic) bond motifs is 1. The molecule has 0 atom stereocenters. The lowest BCUT2D eigenvalue weighted by atomic mass is 10.2. The van der Waals surface area contributed by atoms with E-state index in [0.29, 0.717) is 32.6 Å². The molecular formula is C22H25ClN6OS. The highest BCUT2D eigenvalue weighted by Crippen LogP contribution is 2.32. The summed E-state index contributed by atoms with van der Waals surface area (Å²) in [5.74, 6) is 0.537. The van der Waals surface area contributed by atoms with Crippen LogP contribution in [0.15, 0.2) is 47.8 Å². The molecule has 0 aliphatic heterocycles. The molecule has 3 aromatic heterocycles. The molecule has 0 bridgehead atoms. The SMILES string of the molecule is CC.COc1ccc(Nc2nc3ncc(C#N)c(N)c3s2)cn1.ClC1=CCCCC=C1. The van der Waals surface area contributed by atoms with Gasteiger partial charge in [-0.3, -0.25) is 0 Å². The van der Waals surface area contributed by atoms with Crippen LogP contribution in [0.1, 0.15) is 38.7 Å². The van der Waals surface area contributed by atoms with Gasteiger partial charge in [-0.2, -0.15) is 10.2 Å². The number of nitrogens with two attached hydrogens (primary N) is 1. The number of ether oxygens (including phenoxy) is 1. The highest BCUT2D eigenvalue weighted by atomic mass is 35.5. The van der Waals surface area contributed by atoms with Gasteiger partial charge in [-0.1, -0.05) is 48.9 Å². The molecule has 0 spiro atoms. The average molecular weight is 457 g/mol. The van der Waals surface area contributed by atoms with E-state index in [1.165, 1.54) is 30.4 Å². The van der Waals surface area contributed by atoms with Crippen molar-refractivity contribution in [3.63, 3.8) is 0 Å². The number of pyridine rings is 2. The van der Waals surface area contributed by atoms with E-state index in [2.05, 4.69) is 32.4 Å². The molecule has 0 fully saturated rings. The summed E-state index contributed by atoms with van der Waals surface area (Å²) in [4.78, 5) is 12.6. The number of hydrogen-bond acceptors (Lipinski definition) is 8. The van der Waals surface area contributed by atoms with Gasteiger partial charge in [-0.05, 0) is 31.4 Å². The topological polar surface area (TPSA) is 110 Å². The number of hydrogen-bond donors (Lipinski definition) is 2. The maximum Gasteiger partial charge on any atom is 0.213 e.